The lowest BCUT2D eigenvalue weighted by Gasteiger charge is -2.28. The molecule has 1 fully saturated rings. The average molecular weight is 302 g/mol. The van der Waals surface area contributed by atoms with Crippen LogP contribution in [0.4, 0.5) is 0 Å². The van der Waals surface area contributed by atoms with Gasteiger partial charge in [-0.3, -0.25) is 4.90 Å². The van der Waals surface area contributed by atoms with Crippen LogP contribution in [-0.2, 0) is 14.3 Å². The normalized spacial score (nSPS) is 17.6. The van der Waals surface area contributed by atoms with E-state index in [2.05, 4.69) is 4.90 Å². The van der Waals surface area contributed by atoms with E-state index in [4.69, 9.17) is 13.9 Å². The molecule has 1 unspecified atom stereocenters. The molecular formula is C14H20ClNO4. The fraction of sp³-hybridized carbons (Fsp3) is 0.500. The molecule has 0 N–H and O–H groups in total. The van der Waals surface area contributed by atoms with Gasteiger partial charge < -0.3 is 13.9 Å². The number of carbonyl (C=O) groups excluding carboxylic acids is 1. The van der Waals surface area contributed by atoms with Gasteiger partial charge in [-0.25, -0.2) is 4.79 Å². The highest BCUT2D eigenvalue weighted by atomic mass is 35.5. The Morgan fingerprint density at radius 1 is 1.50 bits per heavy atom. The highest BCUT2D eigenvalue weighted by Gasteiger charge is 2.15. The zero-order valence-corrected chi connectivity index (χ0v) is 12.3. The van der Waals surface area contributed by atoms with Crippen molar-refractivity contribution < 1.29 is 18.7 Å². The lowest BCUT2D eigenvalue weighted by molar-refractivity contribution is -0.143. The first-order valence-electron chi connectivity index (χ1n) is 6.46. The summed E-state index contributed by atoms with van der Waals surface area (Å²) in [6, 6.07) is 3.55. The number of ether oxygens (including phenoxy) is 2. The highest BCUT2D eigenvalue weighted by molar-refractivity contribution is 5.86. The van der Waals surface area contributed by atoms with Gasteiger partial charge in [0.2, 0.25) is 0 Å². The molecule has 1 aromatic rings. The van der Waals surface area contributed by atoms with Crippen LogP contribution in [0.3, 0.4) is 0 Å². The van der Waals surface area contributed by atoms with Gasteiger partial charge in [0.15, 0.2) is 0 Å². The summed E-state index contributed by atoms with van der Waals surface area (Å²) < 4.78 is 15.7. The van der Waals surface area contributed by atoms with E-state index in [9.17, 15) is 4.79 Å². The van der Waals surface area contributed by atoms with Gasteiger partial charge in [-0.05, 0) is 25.1 Å². The Kier molecular flexibility index (Phi) is 7.36. The molecule has 0 radical (unpaired) electrons. The van der Waals surface area contributed by atoms with Crippen LogP contribution in [0.1, 0.15) is 12.7 Å². The maximum absolute atomic E-state index is 11.6. The third-order valence-corrected chi connectivity index (χ3v) is 2.86. The summed E-state index contributed by atoms with van der Waals surface area (Å²) in [5, 5.41) is 0. The summed E-state index contributed by atoms with van der Waals surface area (Å²) in [6.45, 7) is 5.92. The molecule has 1 saturated heterocycles. The first kappa shape index (κ1) is 16.8. The van der Waals surface area contributed by atoms with E-state index in [-0.39, 0.29) is 24.5 Å². The van der Waals surface area contributed by atoms with Crippen LogP contribution >= 0.6 is 12.4 Å². The minimum atomic E-state index is -0.350. The molecule has 0 amide bonds. The van der Waals surface area contributed by atoms with E-state index in [1.54, 1.807) is 24.5 Å². The Hall–Kier alpha value is -1.30. The third-order valence-electron chi connectivity index (χ3n) is 2.86. The maximum atomic E-state index is 11.6. The van der Waals surface area contributed by atoms with Crippen molar-refractivity contribution in [3.05, 3.63) is 30.2 Å². The molecule has 6 heteroatoms. The molecule has 0 aromatic carbocycles. The fourth-order valence-electron chi connectivity index (χ4n) is 1.96. The predicted molar refractivity (Wildman–Crippen MR) is 77.8 cm³/mol. The van der Waals surface area contributed by atoms with Crippen LogP contribution in [0.25, 0.3) is 6.08 Å². The average Bonchev–Trinajstić information content (AvgIpc) is 2.90. The van der Waals surface area contributed by atoms with Crippen molar-refractivity contribution in [2.75, 3.05) is 32.8 Å². The number of furan rings is 1. The lowest BCUT2D eigenvalue weighted by Crippen LogP contribution is -2.41. The number of hydrogen-bond donors (Lipinski definition) is 0. The van der Waals surface area contributed by atoms with E-state index < -0.39 is 0 Å². The standard InChI is InChI=1S/C14H19NO4.ClH/c1-12(11-15-6-9-17-10-7-15)19-14(16)5-4-13-3-2-8-18-13;/h2-5,8,12H,6-7,9-11H2,1H3;1H. The molecule has 1 aliphatic heterocycles. The molecule has 2 heterocycles. The van der Waals surface area contributed by atoms with Crippen molar-refractivity contribution >= 4 is 24.5 Å². The summed E-state index contributed by atoms with van der Waals surface area (Å²) in [6.07, 6.45) is 4.41. The fourth-order valence-corrected chi connectivity index (χ4v) is 1.96. The number of hydrogen-bond acceptors (Lipinski definition) is 5. The van der Waals surface area contributed by atoms with Gasteiger partial charge in [0.05, 0.1) is 19.5 Å². The van der Waals surface area contributed by atoms with Crippen molar-refractivity contribution in [2.24, 2.45) is 0 Å². The SMILES string of the molecule is CC(CN1CCOCC1)OC(=O)C=Cc1ccco1.Cl. The first-order chi connectivity index (χ1) is 9.24. The largest absolute Gasteiger partial charge is 0.465 e. The molecule has 5 nitrogen and oxygen atoms in total. The van der Waals surface area contributed by atoms with E-state index >= 15 is 0 Å². The van der Waals surface area contributed by atoms with Crippen molar-refractivity contribution in [3.63, 3.8) is 0 Å². The van der Waals surface area contributed by atoms with Crippen molar-refractivity contribution in [1.82, 2.24) is 4.90 Å². The summed E-state index contributed by atoms with van der Waals surface area (Å²) in [7, 11) is 0. The van der Waals surface area contributed by atoms with Gasteiger partial charge in [-0.1, -0.05) is 0 Å². The quantitative estimate of drug-likeness (QED) is 0.615. The summed E-state index contributed by atoms with van der Waals surface area (Å²) >= 11 is 0. The molecule has 20 heavy (non-hydrogen) atoms. The van der Waals surface area contributed by atoms with Crippen LogP contribution < -0.4 is 0 Å². The summed E-state index contributed by atoms with van der Waals surface area (Å²) in [4.78, 5) is 13.8. The Bertz CT molecular complexity index is 413. The van der Waals surface area contributed by atoms with Gasteiger partial charge in [-0.2, -0.15) is 0 Å². The predicted octanol–water partition coefficient (Wildman–Crippen LogP) is 1.98. The Morgan fingerprint density at radius 2 is 2.25 bits per heavy atom. The minimum Gasteiger partial charge on any atom is -0.465 e. The smallest absolute Gasteiger partial charge is 0.331 e. The van der Waals surface area contributed by atoms with Crippen LogP contribution in [0.5, 0.6) is 0 Å². The number of nitrogens with zero attached hydrogens (tertiary/aromatic N) is 1. The molecule has 2 rings (SSSR count). The van der Waals surface area contributed by atoms with E-state index in [1.165, 1.54) is 6.08 Å². The number of carbonyl (C=O) groups is 1. The van der Waals surface area contributed by atoms with Crippen LogP contribution in [0, 0.1) is 0 Å². The third kappa shape index (κ3) is 5.77. The van der Waals surface area contributed by atoms with Gasteiger partial charge in [-0.15, -0.1) is 12.4 Å². The van der Waals surface area contributed by atoms with Crippen LogP contribution in [-0.4, -0.2) is 49.8 Å². The summed E-state index contributed by atoms with van der Waals surface area (Å²) in [5.41, 5.74) is 0. The second-order valence-corrected chi connectivity index (χ2v) is 4.51. The lowest BCUT2D eigenvalue weighted by atomic mass is 10.3. The monoisotopic (exact) mass is 301 g/mol. The molecule has 0 bridgehead atoms. The molecule has 1 aromatic heterocycles. The Balaban J connectivity index is 0.00000200. The minimum absolute atomic E-state index is 0. The molecular weight excluding hydrogens is 282 g/mol. The van der Waals surface area contributed by atoms with Gasteiger partial charge in [0.1, 0.15) is 11.9 Å². The summed E-state index contributed by atoms with van der Waals surface area (Å²) in [5.74, 6) is 0.287. The number of rotatable bonds is 5. The van der Waals surface area contributed by atoms with E-state index in [0.29, 0.717) is 5.76 Å². The maximum Gasteiger partial charge on any atom is 0.331 e. The van der Waals surface area contributed by atoms with Crippen molar-refractivity contribution in [3.8, 4) is 0 Å². The topological polar surface area (TPSA) is 51.9 Å². The first-order valence-corrected chi connectivity index (χ1v) is 6.46. The Morgan fingerprint density at radius 3 is 2.90 bits per heavy atom. The molecule has 0 spiro atoms. The van der Waals surface area contributed by atoms with Crippen LogP contribution in [0.2, 0.25) is 0 Å². The Labute approximate surface area is 124 Å². The highest BCUT2D eigenvalue weighted by Crippen LogP contribution is 2.04. The van der Waals surface area contributed by atoms with Gasteiger partial charge in [0.25, 0.3) is 0 Å². The van der Waals surface area contributed by atoms with E-state index in [1.807, 2.05) is 6.92 Å². The van der Waals surface area contributed by atoms with Gasteiger partial charge >= 0.3 is 5.97 Å². The zero-order valence-electron chi connectivity index (χ0n) is 11.5. The second kappa shape index (κ2) is 8.79. The zero-order chi connectivity index (χ0) is 13.5. The second-order valence-electron chi connectivity index (χ2n) is 4.51. The molecule has 0 aliphatic carbocycles. The number of esters is 1. The molecule has 1 atom stereocenters. The molecule has 0 saturated carbocycles. The molecule has 1 aliphatic rings. The number of morpholine rings is 1. The van der Waals surface area contributed by atoms with Crippen molar-refractivity contribution in [2.45, 2.75) is 13.0 Å². The van der Waals surface area contributed by atoms with Crippen LogP contribution in [0.15, 0.2) is 28.9 Å². The molecule has 112 valence electrons. The van der Waals surface area contributed by atoms with Crippen molar-refractivity contribution in [1.29, 1.82) is 0 Å². The van der Waals surface area contributed by atoms with E-state index in [0.717, 1.165) is 32.8 Å². The number of halogens is 1. The van der Waals surface area contributed by atoms with Gasteiger partial charge in [0, 0.05) is 25.7 Å².